The Bertz CT molecular complexity index is 1710. The van der Waals surface area contributed by atoms with Crippen molar-refractivity contribution in [1.82, 2.24) is 10.3 Å². The summed E-state index contributed by atoms with van der Waals surface area (Å²) in [5.74, 6) is -1.66. The molecule has 9 nitrogen and oxygen atoms in total. The largest absolute Gasteiger partial charge is 0.466 e. The number of carbonyl (C=O) groups is 4. The number of halogens is 2. The summed E-state index contributed by atoms with van der Waals surface area (Å²) < 4.78 is 4.93. The molecule has 0 aliphatic carbocycles. The lowest BCUT2D eigenvalue weighted by Gasteiger charge is -2.13. The average Bonchev–Trinajstić information content (AvgIpc) is 3.45. The summed E-state index contributed by atoms with van der Waals surface area (Å²) in [5.41, 5.74) is 1.85. The minimum absolute atomic E-state index is 0.0237. The Hall–Kier alpha value is -4.16. The number of thioether (sulfide) groups is 1. The molecule has 1 unspecified atom stereocenters. The molecule has 1 atom stereocenters. The summed E-state index contributed by atoms with van der Waals surface area (Å²) in [4.78, 5) is 55.7. The van der Waals surface area contributed by atoms with Gasteiger partial charge in [-0.2, -0.15) is 0 Å². The third-order valence-electron chi connectivity index (χ3n) is 6.00. The van der Waals surface area contributed by atoms with Crippen LogP contribution in [0.3, 0.4) is 0 Å². The fourth-order valence-electron chi connectivity index (χ4n) is 3.80. The van der Waals surface area contributed by atoms with Crippen molar-refractivity contribution >= 4 is 86.9 Å². The normalized spacial score (nSPS) is 11.8. The summed E-state index contributed by atoms with van der Waals surface area (Å²) in [5, 5.41) is 10.6. The van der Waals surface area contributed by atoms with Gasteiger partial charge in [-0.25, -0.2) is 4.98 Å². The lowest BCUT2D eigenvalue weighted by atomic mass is 10.1. The van der Waals surface area contributed by atoms with Crippen molar-refractivity contribution in [2.45, 2.75) is 30.4 Å². The maximum absolute atomic E-state index is 13.3. The number of ether oxygens (including phenoxy) is 1. The number of aromatic nitrogens is 1. The molecule has 4 aromatic rings. The molecule has 0 saturated carbocycles. The first-order valence-electron chi connectivity index (χ1n) is 13.6. The Labute approximate surface area is 278 Å². The smallest absolute Gasteiger partial charge is 0.311 e. The number of carbonyl (C=O) groups excluding carboxylic acids is 4. The number of esters is 1. The molecule has 1 heterocycles. The summed E-state index contributed by atoms with van der Waals surface area (Å²) in [7, 11) is 0. The highest BCUT2D eigenvalue weighted by molar-refractivity contribution is 8.00. The molecular weight excluding hydrogens is 655 g/mol. The fraction of sp³-hybridized carbons (Fsp3) is 0.156. The summed E-state index contributed by atoms with van der Waals surface area (Å²) in [6, 6.07) is 20.3. The second-order valence-electron chi connectivity index (χ2n) is 9.40. The Morgan fingerprint density at radius 3 is 2.42 bits per heavy atom. The molecule has 0 radical (unpaired) electrons. The molecule has 1 aromatic heterocycles. The molecule has 3 N–H and O–H groups in total. The number of hydrogen-bond acceptors (Lipinski definition) is 8. The van der Waals surface area contributed by atoms with Gasteiger partial charge in [-0.3, -0.25) is 19.2 Å². The predicted octanol–water partition coefficient (Wildman–Crippen LogP) is 7.08. The minimum atomic E-state index is -0.566. The summed E-state index contributed by atoms with van der Waals surface area (Å²) >= 11 is 14.9. The van der Waals surface area contributed by atoms with Crippen molar-refractivity contribution in [1.29, 1.82) is 0 Å². The van der Waals surface area contributed by atoms with Crippen LogP contribution in [0.2, 0.25) is 10.0 Å². The van der Waals surface area contributed by atoms with Gasteiger partial charge < -0.3 is 20.7 Å². The van der Waals surface area contributed by atoms with Gasteiger partial charge in [0.05, 0.1) is 24.0 Å². The van der Waals surface area contributed by atoms with Crippen molar-refractivity contribution < 1.29 is 23.9 Å². The van der Waals surface area contributed by atoms with Gasteiger partial charge in [0.15, 0.2) is 5.13 Å². The zero-order valence-electron chi connectivity index (χ0n) is 24.1. The standard InChI is InChI=1S/C32H28Cl2N4O5S2/c1-3-43-28(39)17-24-18-44-32(36-24)38-29(40)19(2)45-25-13-11-23(12-14-25)35-31(42)27(15-21-9-10-22(33)16-26(21)34)37-30(41)20-7-5-4-6-8-20/h4-16,18-19H,3,17H2,1-2H3,(H,35,42)(H,37,41)(H,36,38,40)/b27-15-. The van der Waals surface area contributed by atoms with Gasteiger partial charge in [0.1, 0.15) is 5.70 Å². The van der Waals surface area contributed by atoms with E-state index in [1.54, 1.807) is 92.0 Å². The lowest BCUT2D eigenvalue weighted by molar-refractivity contribution is -0.142. The monoisotopic (exact) mass is 682 g/mol. The molecular formula is C32H28Cl2N4O5S2. The van der Waals surface area contributed by atoms with Gasteiger partial charge in [-0.1, -0.05) is 47.5 Å². The zero-order valence-corrected chi connectivity index (χ0v) is 27.3. The van der Waals surface area contributed by atoms with Crippen LogP contribution in [-0.2, 0) is 25.5 Å². The fourth-order valence-corrected chi connectivity index (χ4v) is 5.85. The quantitative estimate of drug-likeness (QED) is 0.0828. The molecule has 0 spiro atoms. The third kappa shape index (κ3) is 10.2. The van der Waals surface area contributed by atoms with Gasteiger partial charge in [0, 0.05) is 31.6 Å². The lowest BCUT2D eigenvalue weighted by Crippen LogP contribution is -2.30. The molecule has 3 amide bonds. The van der Waals surface area contributed by atoms with E-state index in [-0.39, 0.29) is 24.0 Å². The average molecular weight is 684 g/mol. The van der Waals surface area contributed by atoms with E-state index in [2.05, 4.69) is 20.9 Å². The number of nitrogens with zero attached hydrogens (tertiary/aromatic N) is 1. The highest BCUT2D eigenvalue weighted by Gasteiger charge is 2.18. The number of rotatable bonds is 12. The first kappa shape index (κ1) is 33.7. The van der Waals surface area contributed by atoms with Crippen molar-refractivity contribution in [3.8, 4) is 0 Å². The molecule has 0 fully saturated rings. The SMILES string of the molecule is CCOC(=O)Cc1csc(NC(=O)C(C)Sc2ccc(NC(=O)/C(=C/c3ccc(Cl)cc3Cl)NC(=O)c3ccccc3)cc2)n1. The Morgan fingerprint density at radius 2 is 1.73 bits per heavy atom. The van der Waals surface area contributed by atoms with E-state index in [9.17, 15) is 19.2 Å². The topological polar surface area (TPSA) is 126 Å². The second-order valence-corrected chi connectivity index (χ2v) is 12.5. The van der Waals surface area contributed by atoms with Crippen LogP contribution >= 0.6 is 46.3 Å². The van der Waals surface area contributed by atoms with Gasteiger partial charge >= 0.3 is 5.97 Å². The van der Waals surface area contributed by atoms with Crippen LogP contribution in [0.4, 0.5) is 10.8 Å². The molecule has 0 aliphatic rings. The first-order valence-corrected chi connectivity index (χ1v) is 16.1. The van der Waals surface area contributed by atoms with Crippen molar-refractivity contribution in [3.05, 3.63) is 111 Å². The van der Waals surface area contributed by atoms with Crippen LogP contribution in [0.5, 0.6) is 0 Å². The van der Waals surface area contributed by atoms with E-state index in [0.717, 1.165) is 4.90 Å². The van der Waals surface area contributed by atoms with E-state index in [1.807, 2.05) is 0 Å². The molecule has 4 rings (SSSR count). The Kier molecular flexibility index (Phi) is 12.2. The molecule has 0 bridgehead atoms. The number of benzene rings is 3. The molecule has 0 saturated heterocycles. The van der Waals surface area contributed by atoms with Gasteiger partial charge in [-0.15, -0.1) is 23.1 Å². The van der Waals surface area contributed by atoms with Crippen LogP contribution < -0.4 is 16.0 Å². The van der Waals surface area contributed by atoms with Gasteiger partial charge in [0.2, 0.25) is 5.91 Å². The van der Waals surface area contributed by atoms with Crippen molar-refractivity contribution in [2.24, 2.45) is 0 Å². The van der Waals surface area contributed by atoms with E-state index in [0.29, 0.717) is 44.3 Å². The Morgan fingerprint density at radius 1 is 1.00 bits per heavy atom. The van der Waals surface area contributed by atoms with E-state index in [4.69, 9.17) is 27.9 Å². The zero-order chi connectivity index (χ0) is 32.3. The number of anilines is 2. The van der Waals surface area contributed by atoms with E-state index >= 15 is 0 Å². The van der Waals surface area contributed by atoms with Crippen LogP contribution in [0.15, 0.2) is 88.8 Å². The highest BCUT2D eigenvalue weighted by Crippen LogP contribution is 2.27. The predicted molar refractivity (Wildman–Crippen MR) is 180 cm³/mol. The van der Waals surface area contributed by atoms with Crippen LogP contribution in [-0.4, -0.2) is 40.5 Å². The molecule has 45 heavy (non-hydrogen) atoms. The Balaban J connectivity index is 1.39. The number of hydrogen-bond donors (Lipinski definition) is 3. The number of thiazole rings is 1. The second kappa shape index (κ2) is 16.2. The van der Waals surface area contributed by atoms with Crippen molar-refractivity contribution in [2.75, 3.05) is 17.2 Å². The number of amides is 3. The summed E-state index contributed by atoms with van der Waals surface area (Å²) in [6.45, 7) is 3.78. The molecule has 3 aromatic carbocycles. The van der Waals surface area contributed by atoms with Crippen LogP contribution in [0.1, 0.15) is 35.5 Å². The van der Waals surface area contributed by atoms with Crippen LogP contribution in [0.25, 0.3) is 6.08 Å². The third-order valence-corrected chi connectivity index (χ3v) is 8.48. The molecule has 13 heteroatoms. The van der Waals surface area contributed by atoms with E-state index in [1.165, 1.54) is 29.2 Å². The molecule has 0 aliphatic heterocycles. The minimum Gasteiger partial charge on any atom is -0.466 e. The highest BCUT2D eigenvalue weighted by atomic mass is 35.5. The van der Waals surface area contributed by atoms with E-state index < -0.39 is 17.1 Å². The maximum atomic E-state index is 13.3. The van der Waals surface area contributed by atoms with Gasteiger partial charge in [0.25, 0.3) is 11.8 Å². The molecule has 232 valence electrons. The first-order chi connectivity index (χ1) is 21.6. The van der Waals surface area contributed by atoms with Crippen LogP contribution in [0, 0.1) is 0 Å². The number of nitrogens with one attached hydrogen (secondary N) is 3. The summed E-state index contributed by atoms with van der Waals surface area (Å²) in [6.07, 6.45) is 1.51. The van der Waals surface area contributed by atoms with Crippen molar-refractivity contribution in [3.63, 3.8) is 0 Å². The van der Waals surface area contributed by atoms with Gasteiger partial charge in [-0.05, 0) is 74.0 Å². The maximum Gasteiger partial charge on any atom is 0.311 e.